The smallest absolute Gasteiger partial charge is 0.329 e. The quantitative estimate of drug-likeness (QED) is 0.644. The number of hydrogen-bond donors (Lipinski definition) is 2. The zero-order chi connectivity index (χ0) is 22.0. The van der Waals surface area contributed by atoms with Gasteiger partial charge in [-0.05, 0) is 63.4 Å². The van der Waals surface area contributed by atoms with Gasteiger partial charge in [-0.3, -0.25) is 28.8 Å². The lowest BCUT2D eigenvalue weighted by atomic mass is 9.96. The monoisotopic (exact) mass is 428 g/mol. The number of carbonyl (C=O) groups is 3. The van der Waals surface area contributed by atoms with Crippen molar-refractivity contribution in [2.75, 3.05) is 19.6 Å². The number of carboxylic acids is 1. The molecule has 9 heteroatoms. The number of aromatic nitrogens is 2. The summed E-state index contributed by atoms with van der Waals surface area (Å²) in [6, 6.07) is 6.82. The molecule has 2 amide bonds. The summed E-state index contributed by atoms with van der Waals surface area (Å²) in [5.41, 5.74) is 1.31. The van der Waals surface area contributed by atoms with Gasteiger partial charge in [0, 0.05) is 19.4 Å². The third-order valence-electron chi connectivity index (χ3n) is 6.40. The van der Waals surface area contributed by atoms with Crippen LogP contribution in [0.25, 0.3) is 11.0 Å². The number of carbonyl (C=O) groups excluding carboxylic acids is 2. The molecule has 0 bridgehead atoms. The first kappa shape index (κ1) is 21.3. The Morgan fingerprint density at radius 3 is 2.45 bits per heavy atom. The van der Waals surface area contributed by atoms with E-state index in [0.717, 1.165) is 38.0 Å². The van der Waals surface area contributed by atoms with Crippen molar-refractivity contribution in [1.82, 2.24) is 19.4 Å². The molecule has 0 spiro atoms. The summed E-state index contributed by atoms with van der Waals surface area (Å²) in [6.45, 7) is 3.16. The average Bonchev–Trinajstić information content (AvgIpc) is 3.01. The molecule has 1 aromatic carbocycles. The molecule has 0 aliphatic carbocycles. The highest BCUT2D eigenvalue weighted by molar-refractivity contribution is 6.00. The summed E-state index contributed by atoms with van der Waals surface area (Å²) in [7, 11) is 0. The fraction of sp³-hybridized carbons (Fsp3) is 0.545. The highest BCUT2D eigenvalue weighted by atomic mass is 16.4. The molecule has 2 fully saturated rings. The molecule has 1 atom stereocenters. The average molecular weight is 428 g/mol. The van der Waals surface area contributed by atoms with Crippen molar-refractivity contribution < 1.29 is 19.5 Å². The molecule has 1 unspecified atom stereocenters. The van der Waals surface area contributed by atoms with E-state index in [9.17, 15) is 19.2 Å². The molecule has 4 rings (SSSR count). The van der Waals surface area contributed by atoms with E-state index in [2.05, 4.69) is 10.2 Å². The maximum atomic E-state index is 13.4. The van der Waals surface area contributed by atoms with Crippen molar-refractivity contribution in [1.29, 1.82) is 0 Å². The molecule has 2 N–H and O–H groups in total. The molecule has 166 valence electrons. The van der Waals surface area contributed by atoms with E-state index in [-0.39, 0.29) is 24.4 Å². The maximum absolute atomic E-state index is 13.4. The van der Waals surface area contributed by atoms with Gasteiger partial charge in [-0.2, -0.15) is 0 Å². The second kappa shape index (κ2) is 9.05. The second-order valence-corrected chi connectivity index (χ2v) is 8.50. The Morgan fingerprint density at radius 2 is 1.77 bits per heavy atom. The normalized spacial score (nSPS) is 20.8. The van der Waals surface area contributed by atoms with Crippen molar-refractivity contribution in [3.8, 4) is 0 Å². The van der Waals surface area contributed by atoms with Gasteiger partial charge in [0.05, 0.1) is 11.0 Å². The fourth-order valence-corrected chi connectivity index (χ4v) is 4.74. The second-order valence-electron chi connectivity index (χ2n) is 8.50. The first-order valence-electron chi connectivity index (χ1n) is 10.9. The largest absolute Gasteiger partial charge is 0.481 e. The van der Waals surface area contributed by atoms with Gasteiger partial charge in [0.1, 0.15) is 6.04 Å². The third-order valence-corrected chi connectivity index (χ3v) is 6.40. The standard InChI is InChI=1S/C22H28N4O5/c27-19-8-7-18(21(30)23-19)26-17-5-2-1-4-16(17)25(22(26)31)14-15-9-12-24(13-10-15)11-3-6-20(28)29/h1-2,4-5,15,18H,3,6-14H2,(H,28,29)(H,23,27,30). The van der Waals surface area contributed by atoms with E-state index < -0.39 is 17.9 Å². The van der Waals surface area contributed by atoms with Crippen LogP contribution < -0.4 is 11.0 Å². The topological polar surface area (TPSA) is 114 Å². The predicted molar refractivity (Wildman–Crippen MR) is 114 cm³/mol. The van der Waals surface area contributed by atoms with Crippen LogP contribution in [0.15, 0.2) is 29.1 Å². The molecular formula is C22H28N4O5. The zero-order valence-corrected chi connectivity index (χ0v) is 17.5. The SMILES string of the molecule is O=C(O)CCCN1CCC(Cn2c(=O)n(C3CCC(=O)NC3=O)c3ccccc32)CC1. The van der Waals surface area contributed by atoms with Crippen LogP contribution in [0.2, 0.25) is 0 Å². The van der Waals surface area contributed by atoms with Crippen LogP contribution in [0.4, 0.5) is 0 Å². The summed E-state index contributed by atoms with van der Waals surface area (Å²) in [6.07, 6.45) is 3.28. The maximum Gasteiger partial charge on any atom is 0.329 e. The van der Waals surface area contributed by atoms with Crippen LogP contribution in [-0.4, -0.2) is 56.6 Å². The van der Waals surface area contributed by atoms with Crippen molar-refractivity contribution in [2.45, 2.75) is 51.1 Å². The minimum Gasteiger partial charge on any atom is -0.481 e. The number of para-hydroxylation sites is 2. The van der Waals surface area contributed by atoms with Crippen molar-refractivity contribution in [3.63, 3.8) is 0 Å². The van der Waals surface area contributed by atoms with Crippen LogP contribution in [0.3, 0.4) is 0 Å². The number of carboxylic acid groups (broad SMARTS) is 1. The number of aliphatic carboxylic acids is 1. The number of piperidine rings is 2. The van der Waals surface area contributed by atoms with Gasteiger partial charge >= 0.3 is 11.7 Å². The Balaban J connectivity index is 1.50. The minimum atomic E-state index is -0.762. The molecule has 3 heterocycles. The van der Waals surface area contributed by atoms with E-state index in [0.29, 0.717) is 30.8 Å². The van der Waals surface area contributed by atoms with Gasteiger partial charge in [0.15, 0.2) is 0 Å². The zero-order valence-electron chi connectivity index (χ0n) is 17.5. The molecule has 1 aromatic heterocycles. The molecule has 2 aliphatic rings. The molecule has 9 nitrogen and oxygen atoms in total. The highest BCUT2D eigenvalue weighted by Crippen LogP contribution is 2.25. The number of amides is 2. The van der Waals surface area contributed by atoms with E-state index in [1.54, 1.807) is 4.57 Å². The van der Waals surface area contributed by atoms with Gasteiger partial charge in [-0.25, -0.2) is 4.79 Å². The Bertz CT molecular complexity index is 1050. The van der Waals surface area contributed by atoms with Crippen molar-refractivity contribution >= 4 is 28.8 Å². The molecule has 2 aliphatic heterocycles. The van der Waals surface area contributed by atoms with E-state index >= 15 is 0 Å². The number of imidazole rings is 1. The Kier molecular flexibility index (Phi) is 6.22. The predicted octanol–water partition coefficient (Wildman–Crippen LogP) is 1.36. The first-order chi connectivity index (χ1) is 14.9. The third kappa shape index (κ3) is 4.56. The van der Waals surface area contributed by atoms with Crippen LogP contribution in [0, 0.1) is 5.92 Å². The molecule has 2 aromatic rings. The fourth-order valence-electron chi connectivity index (χ4n) is 4.74. The summed E-state index contributed by atoms with van der Waals surface area (Å²) < 4.78 is 3.31. The number of fused-ring (bicyclic) bond motifs is 1. The Labute approximate surface area is 179 Å². The number of likely N-dealkylation sites (tertiary alicyclic amines) is 1. The Morgan fingerprint density at radius 1 is 1.06 bits per heavy atom. The molecule has 0 radical (unpaired) electrons. The van der Waals surface area contributed by atoms with Gasteiger partial charge in [-0.15, -0.1) is 0 Å². The van der Waals surface area contributed by atoms with Crippen LogP contribution in [-0.2, 0) is 20.9 Å². The van der Waals surface area contributed by atoms with Gasteiger partial charge < -0.3 is 10.0 Å². The van der Waals surface area contributed by atoms with Crippen molar-refractivity contribution in [3.05, 3.63) is 34.7 Å². The van der Waals surface area contributed by atoms with E-state index in [4.69, 9.17) is 5.11 Å². The van der Waals surface area contributed by atoms with Gasteiger partial charge in [0.25, 0.3) is 0 Å². The Hall–Kier alpha value is -2.94. The van der Waals surface area contributed by atoms with Crippen LogP contribution >= 0.6 is 0 Å². The summed E-state index contributed by atoms with van der Waals surface area (Å²) >= 11 is 0. The number of nitrogens with one attached hydrogen (secondary N) is 1. The summed E-state index contributed by atoms with van der Waals surface area (Å²) in [5.74, 6) is -1.14. The molecule has 2 saturated heterocycles. The number of hydrogen-bond acceptors (Lipinski definition) is 5. The number of rotatable bonds is 7. The van der Waals surface area contributed by atoms with E-state index in [1.165, 1.54) is 4.57 Å². The van der Waals surface area contributed by atoms with Crippen LogP contribution in [0.5, 0.6) is 0 Å². The molecule has 0 saturated carbocycles. The van der Waals surface area contributed by atoms with E-state index in [1.807, 2.05) is 24.3 Å². The van der Waals surface area contributed by atoms with Crippen molar-refractivity contribution in [2.24, 2.45) is 5.92 Å². The number of nitrogens with zero attached hydrogens (tertiary/aromatic N) is 3. The number of imide groups is 1. The molecule has 31 heavy (non-hydrogen) atoms. The first-order valence-corrected chi connectivity index (χ1v) is 10.9. The van der Waals surface area contributed by atoms with Gasteiger partial charge in [-0.1, -0.05) is 12.1 Å². The minimum absolute atomic E-state index is 0.190. The lowest BCUT2D eigenvalue weighted by molar-refractivity contribution is -0.137. The van der Waals surface area contributed by atoms with Gasteiger partial charge in [0.2, 0.25) is 11.8 Å². The number of benzene rings is 1. The lowest BCUT2D eigenvalue weighted by Gasteiger charge is -2.32. The molecular weight excluding hydrogens is 400 g/mol. The van der Waals surface area contributed by atoms with Crippen LogP contribution in [0.1, 0.15) is 44.6 Å². The summed E-state index contributed by atoms with van der Waals surface area (Å²) in [4.78, 5) is 50.3. The summed E-state index contributed by atoms with van der Waals surface area (Å²) in [5, 5.41) is 11.1. The highest BCUT2D eigenvalue weighted by Gasteiger charge is 2.32. The lowest BCUT2D eigenvalue weighted by Crippen LogP contribution is -2.44.